The molecule has 0 saturated heterocycles. The summed E-state index contributed by atoms with van der Waals surface area (Å²) in [6, 6.07) is 7.42. The number of thiazole rings is 1. The van der Waals surface area contributed by atoms with Crippen molar-refractivity contribution in [2.45, 2.75) is 13.8 Å². The molecule has 0 N–H and O–H groups in total. The summed E-state index contributed by atoms with van der Waals surface area (Å²) in [5, 5.41) is 0.686. The molecule has 0 aliphatic rings. The summed E-state index contributed by atoms with van der Waals surface area (Å²) in [6.07, 6.45) is 1.95. The van der Waals surface area contributed by atoms with Crippen molar-refractivity contribution in [1.82, 2.24) is 4.57 Å². The van der Waals surface area contributed by atoms with Crippen LogP contribution in [-0.2, 0) is 4.79 Å². The lowest BCUT2D eigenvalue weighted by molar-refractivity contribution is -0.116. The van der Waals surface area contributed by atoms with Crippen LogP contribution in [0.2, 0.25) is 5.02 Å². The number of hydrogen-bond acceptors (Lipinski definition) is 2. The average Bonchev–Trinajstić information content (AvgIpc) is 2.59. The molecule has 17 heavy (non-hydrogen) atoms. The highest BCUT2D eigenvalue weighted by atomic mass is 35.5. The number of carbonyl (C=O) groups is 1. The first-order chi connectivity index (χ1) is 8.06. The number of rotatable bonds is 1. The molecule has 0 bridgehead atoms. The largest absolute Gasteiger partial charge is 0.292 e. The van der Waals surface area contributed by atoms with Crippen LogP contribution in [0, 0.1) is 6.92 Å². The second-order valence-corrected chi connectivity index (χ2v) is 5.25. The quantitative estimate of drug-likeness (QED) is 0.781. The highest BCUT2D eigenvalue weighted by Gasteiger charge is 2.02. The number of hydrogen-bond donors (Lipinski definition) is 0. The normalized spacial score (nSPS) is 11.8. The lowest BCUT2D eigenvalue weighted by Gasteiger charge is -2.02. The van der Waals surface area contributed by atoms with Crippen LogP contribution in [0.3, 0.4) is 0 Å². The summed E-state index contributed by atoms with van der Waals surface area (Å²) in [6.45, 7) is 3.43. The van der Waals surface area contributed by atoms with E-state index < -0.39 is 0 Å². The molecule has 0 saturated carbocycles. The minimum atomic E-state index is -0.199. The molecular weight excluding hydrogens is 256 g/mol. The van der Waals surface area contributed by atoms with Crippen molar-refractivity contribution < 1.29 is 4.79 Å². The predicted molar refractivity (Wildman–Crippen MR) is 69.6 cm³/mol. The Kier molecular flexibility index (Phi) is 3.45. The van der Waals surface area contributed by atoms with Crippen LogP contribution in [0.25, 0.3) is 5.69 Å². The van der Waals surface area contributed by atoms with E-state index in [4.69, 9.17) is 11.6 Å². The fraction of sp³-hybridized carbons (Fsp3) is 0.167. The van der Waals surface area contributed by atoms with Gasteiger partial charge in [-0.05, 0) is 31.2 Å². The third kappa shape index (κ3) is 2.84. The van der Waals surface area contributed by atoms with E-state index in [1.807, 2.05) is 42.0 Å². The second kappa shape index (κ2) is 4.85. The van der Waals surface area contributed by atoms with Crippen molar-refractivity contribution in [1.29, 1.82) is 0 Å². The maximum absolute atomic E-state index is 11.1. The highest BCUT2D eigenvalue weighted by molar-refractivity contribution is 7.09. The number of carbonyl (C=O) groups excluding carboxylic acids is 1. The zero-order chi connectivity index (χ0) is 12.4. The molecule has 0 fully saturated rings. The van der Waals surface area contributed by atoms with Crippen molar-refractivity contribution in [3.8, 4) is 5.69 Å². The maximum atomic E-state index is 11.1. The molecule has 0 unspecified atom stereocenters. The summed E-state index contributed by atoms with van der Waals surface area (Å²) in [4.78, 5) is 16.8. The summed E-state index contributed by atoms with van der Waals surface area (Å²) >= 11 is 7.33. The van der Waals surface area contributed by atoms with E-state index in [9.17, 15) is 4.79 Å². The monoisotopic (exact) mass is 266 g/mol. The van der Waals surface area contributed by atoms with Crippen LogP contribution >= 0.6 is 22.9 Å². The van der Waals surface area contributed by atoms with Gasteiger partial charge in [-0.2, -0.15) is 4.99 Å². The molecule has 1 aromatic heterocycles. The highest BCUT2D eigenvalue weighted by Crippen LogP contribution is 2.14. The van der Waals surface area contributed by atoms with Crippen molar-refractivity contribution in [3.63, 3.8) is 0 Å². The van der Waals surface area contributed by atoms with Crippen molar-refractivity contribution in [2.75, 3.05) is 0 Å². The van der Waals surface area contributed by atoms with Crippen molar-refractivity contribution in [3.05, 3.63) is 45.2 Å². The molecule has 88 valence electrons. The summed E-state index contributed by atoms with van der Waals surface area (Å²) in [5.74, 6) is -0.199. The van der Waals surface area contributed by atoms with Gasteiger partial charge in [0.15, 0.2) is 4.80 Å². The van der Waals surface area contributed by atoms with Crippen LogP contribution in [-0.4, -0.2) is 10.5 Å². The number of amides is 1. The third-order valence-corrected chi connectivity index (χ3v) is 3.28. The van der Waals surface area contributed by atoms with Gasteiger partial charge in [-0.25, -0.2) is 0 Å². The molecular formula is C12H11ClN2OS. The number of benzene rings is 1. The van der Waals surface area contributed by atoms with Crippen LogP contribution in [0.15, 0.2) is 35.5 Å². The van der Waals surface area contributed by atoms with Gasteiger partial charge in [0, 0.05) is 28.7 Å². The van der Waals surface area contributed by atoms with Gasteiger partial charge < -0.3 is 0 Å². The Hall–Kier alpha value is -1.39. The van der Waals surface area contributed by atoms with Gasteiger partial charge in [0.25, 0.3) is 0 Å². The van der Waals surface area contributed by atoms with Crippen molar-refractivity contribution >= 4 is 28.8 Å². The molecule has 2 rings (SSSR count). The Morgan fingerprint density at radius 3 is 2.59 bits per heavy atom. The molecule has 0 spiro atoms. The lowest BCUT2D eigenvalue weighted by atomic mass is 10.3. The Balaban J connectivity index is 2.59. The molecule has 0 atom stereocenters. The number of halogens is 1. The molecule has 2 aromatic rings. The fourth-order valence-corrected chi connectivity index (χ4v) is 2.46. The Morgan fingerprint density at radius 1 is 1.35 bits per heavy atom. The zero-order valence-corrected chi connectivity index (χ0v) is 11.0. The SMILES string of the molecule is CC(=O)/N=c1\sc(C)cn1-c1ccc(Cl)cc1. The first kappa shape index (κ1) is 12.1. The Bertz CT molecular complexity index is 610. The van der Waals surface area contributed by atoms with E-state index in [-0.39, 0.29) is 5.91 Å². The zero-order valence-electron chi connectivity index (χ0n) is 9.48. The minimum absolute atomic E-state index is 0.199. The van der Waals surface area contributed by atoms with Gasteiger partial charge in [-0.15, -0.1) is 11.3 Å². The van der Waals surface area contributed by atoms with E-state index >= 15 is 0 Å². The number of aryl methyl sites for hydroxylation is 1. The molecule has 0 aliphatic carbocycles. The van der Waals surface area contributed by atoms with Crippen LogP contribution in [0.4, 0.5) is 0 Å². The third-order valence-electron chi connectivity index (χ3n) is 2.13. The molecule has 0 aliphatic heterocycles. The van der Waals surface area contributed by atoms with E-state index in [1.54, 1.807) is 0 Å². The molecule has 1 amide bonds. The molecule has 1 heterocycles. The summed E-state index contributed by atoms with van der Waals surface area (Å²) in [5.41, 5.74) is 0.943. The molecule has 1 aromatic carbocycles. The van der Waals surface area contributed by atoms with Gasteiger partial charge in [0.2, 0.25) is 5.91 Å². The van der Waals surface area contributed by atoms with Crippen LogP contribution in [0.5, 0.6) is 0 Å². The van der Waals surface area contributed by atoms with Gasteiger partial charge >= 0.3 is 0 Å². The van der Waals surface area contributed by atoms with E-state index in [0.29, 0.717) is 9.82 Å². The number of aromatic nitrogens is 1. The van der Waals surface area contributed by atoms with Gasteiger partial charge in [0.1, 0.15) is 0 Å². The lowest BCUT2D eigenvalue weighted by Crippen LogP contribution is -2.13. The summed E-state index contributed by atoms with van der Waals surface area (Å²) < 4.78 is 1.89. The van der Waals surface area contributed by atoms with Gasteiger partial charge in [0.05, 0.1) is 0 Å². The smallest absolute Gasteiger partial charge is 0.245 e. The fourth-order valence-electron chi connectivity index (χ4n) is 1.45. The minimum Gasteiger partial charge on any atom is -0.292 e. The molecule has 0 radical (unpaired) electrons. The number of nitrogens with zero attached hydrogens (tertiary/aromatic N) is 2. The van der Waals surface area contributed by atoms with E-state index in [2.05, 4.69) is 4.99 Å². The summed E-state index contributed by atoms with van der Waals surface area (Å²) in [7, 11) is 0. The van der Waals surface area contributed by atoms with E-state index in [1.165, 1.54) is 18.3 Å². The van der Waals surface area contributed by atoms with E-state index in [0.717, 1.165) is 10.6 Å². The Morgan fingerprint density at radius 2 is 2.00 bits per heavy atom. The standard InChI is InChI=1S/C12H11ClN2OS/c1-8-7-15(12(17-8)14-9(2)16)11-5-3-10(13)4-6-11/h3-7H,1-2H3/b14-12-. The van der Waals surface area contributed by atoms with Crippen molar-refractivity contribution in [2.24, 2.45) is 4.99 Å². The second-order valence-electron chi connectivity index (χ2n) is 3.60. The van der Waals surface area contributed by atoms with Crippen LogP contribution in [0.1, 0.15) is 11.8 Å². The first-order valence-corrected chi connectivity index (χ1v) is 6.26. The molecule has 5 heteroatoms. The molecule has 3 nitrogen and oxygen atoms in total. The maximum Gasteiger partial charge on any atom is 0.245 e. The Labute approximate surface area is 108 Å². The topological polar surface area (TPSA) is 34.4 Å². The first-order valence-electron chi connectivity index (χ1n) is 5.06. The predicted octanol–water partition coefficient (Wildman–Crippen LogP) is 2.95. The van der Waals surface area contributed by atoms with Gasteiger partial charge in [-0.3, -0.25) is 9.36 Å². The van der Waals surface area contributed by atoms with Crippen LogP contribution < -0.4 is 4.80 Å². The van der Waals surface area contributed by atoms with Gasteiger partial charge in [-0.1, -0.05) is 11.6 Å². The average molecular weight is 267 g/mol.